The van der Waals surface area contributed by atoms with Crippen LogP contribution in [0.4, 0.5) is 4.39 Å². The monoisotopic (exact) mass is 244 g/mol. The molecule has 1 aromatic heterocycles. The third-order valence-electron chi connectivity index (χ3n) is 2.74. The molecule has 1 unspecified atom stereocenters. The highest BCUT2D eigenvalue weighted by Crippen LogP contribution is 2.15. The molecule has 4 heteroatoms. The van der Waals surface area contributed by atoms with Crippen molar-refractivity contribution in [1.82, 2.24) is 5.32 Å². The van der Waals surface area contributed by atoms with Gasteiger partial charge in [0, 0.05) is 12.1 Å². The lowest BCUT2D eigenvalue weighted by molar-refractivity contribution is 0.427. The Kier molecular flexibility index (Phi) is 3.75. The number of rotatable bonds is 4. The standard InChI is InChI=1S/C14H13FN2O/c1-10(14-3-2-6-18-14)17-9-12-7-11(8-16)4-5-13(12)15/h2-7,10,17H,9H2,1H3. The Morgan fingerprint density at radius 3 is 2.94 bits per heavy atom. The van der Waals surface area contributed by atoms with Crippen LogP contribution in [0.15, 0.2) is 41.0 Å². The van der Waals surface area contributed by atoms with Crippen LogP contribution >= 0.6 is 0 Å². The van der Waals surface area contributed by atoms with Crippen LogP contribution in [-0.4, -0.2) is 0 Å². The van der Waals surface area contributed by atoms with Gasteiger partial charge >= 0.3 is 0 Å². The molecule has 0 radical (unpaired) electrons. The minimum Gasteiger partial charge on any atom is -0.468 e. The first kappa shape index (κ1) is 12.3. The Morgan fingerprint density at radius 2 is 2.28 bits per heavy atom. The number of hydrogen-bond donors (Lipinski definition) is 1. The van der Waals surface area contributed by atoms with E-state index in [-0.39, 0.29) is 11.9 Å². The number of benzene rings is 1. The second-order valence-corrected chi connectivity index (χ2v) is 4.04. The minimum atomic E-state index is -0.312. The van der Waals surface area contributed by atoms with E-state index in [1.54, 1.807) is 12.3 Å². The lowest BCUT2D eigenvalue weighted by Gasteiger charge is -2.11. The number of halogens is 1. The average Bonchev–Trinajstić information content (AvgIpc) is 2.91. The van der Waals surface area contributed by atoms with Crippen LogP contribution in [0.3, 0.4) is 0 Å². The summed E-state index contributed by atoms with van der Waals surface area (Å²) in [5.41, 5.74) is 0.936. The Labute approximate surface area is 105 Å². The van der Waals surface area contributed by atoms with Crippen molar-refractivity contribution in [3.8, 4) is 6.07 Å². The molecule has 3 nitrogen and oxygen atoms in total. The van der Waals surface area contributed by atoms with Crippen molar-refractivity contribution < 1.29 is 8.81 Å². The van der Waals surface area contributed by atoms with E-state index in [0.717, 1.165) is 5.76 Å². The van der Waals surface area contributed by atoms with E-state index in [4.69, 9.17) is 9.68 Å². The first-order valence-electron chi connectivity index (χ1n) is 5.66. The van der Waals surface area contributed by atoms with Crippen LogP contribution in [0.1, 0.15) is 29.9 Å². The van der Waals surface area contributed by atoms with Crippen LogP contribution in [0.2, 0.25) is 0 Å². The van der Waals surface area contributed by atoms with Gasteiger partial charge in [-0.3, -0.25) is 0 Å². The van der Waals surface area contributed by atoms with E-state index in [9.17, 15) is 4.39 Å². The molecule has 1 aromatic carbocycles. The summed E-state index contributed by atoms with van der Waals surface area (Å²) in [6, 6.07) is 9.99. The smallest absolute Gasteiger partial charge is 0.127 e. The summed E-state index contributed by atoms with van der Waals surface area (Å²) in [6.45, 7) is 2.29. The zero-order chi connectivity index (χ0) is 13.0. The largest absolute Gasteiger partial charge is 0.468 e. The molecule has 2 rings (SSSR count). The summed E-state index contributed by atoms with van der Waals surface area (Å²) >= 11 is 0. The lowest BCUT2D eigenvalue weighted by atomic mass is 10.1. The van der Waals surface area contributed by atoms with Crippen molar-refractivity contribution in [1.29, 1.82) is 5.26 Å². The molecule has 0 aliphatic carbocycles. The van der Waals surface area contributed by atoms with Crippen molar-refractivity contribution in [3.05, 3.63) is 59.3 Å². The van der Waals surface area contributed by atoms with Gasteiger partial charge < -0.3 is 9.73 Å². The molecule has 0 bridgehead atoms. The number of nitriles is 1. The third-order valence-corrected chi connectivity index (χ3v) is 2.74. The fraction of sp³-hybridized carbons (Fsp3) is 0.214. The molecule has 0 spiro atoms. The van der Waals surface area contributed by atoms with Gasteiger partial charge in [-0.05, 0) is 37.3 Å². The highest BCUT2D eigenvalue weighted by Gasteiger charge is 2.09. The number of nitrogens with one attached hydrogen (secondary N) is 1. The maximum atomic E-state index is 13.5. The van der Waals surface area contributed by atoms with E-state index in [1.807, 2.05) is 25.1 Å². The molecule has 18 heavy (non-hydrogen) atoms. The lowest BCUT2D eigenvalue weighted by Crippen LogP contribution is -2.18. The van der Waals surface area contributed by atoms with E-state index < -0.39 is 0 Å². The van der Waals surface area contributed by atoms with Gasteiger partial charge in [-0.25, -0.2) is 4.39 Å². The predicted octanol–water partition coefficient (Wildman–Crippen LogP) is 3.14. The van der Waals surface area contributed by atoms with Gasteiger partial charge in [-0.1, -0.05) is 0 Å². The number of nitrogens with zero attached hydrogens (tertiary/aromatic N) is 1. The second kappa shape index (κ2) is 5.48. The van der Waals surface area contributed by atoms with Crippen molar-refractivity contribution in [2.24, 2.45) is 0 Å². The molecule has 1 heterocycles. The molecule has 1 N–H and O–H groups in total. The SMILES string of the molecule is CC(NCc1cc(C#N)ccc1F)c1ccco1. The van der Waals surface area contributed by atoms with Gasteiger partial charge in [-0.2, -0.15) is 5.26 Å². The molecule has 0 aliphatic heterocycles. The van der Waals surface area contributed by atoms with Gasteiger partial charge in [0.05, 0.1) is 23.9 Å². The molecule has 2 aromatic rings. The molecule has 0 aliphatic rings. The first-order chi connectivity index (χ1) is 8.70. The molecular formula is C14H13FN2O. The van der Waals surface area contributed by atoms with Crippen molar-refractivity contribution in [2.45, 2.75) is 19.5 Å². The summed E-state index contributed by atoms with van der Waals surface area (Å²) in [5.74, 6) is 0.486. The normalized spacial score (nSPS) is 12.1. The summed E-state index contributed by atoms with van der Waals surface area (Å²) in [5, 5.41) is 11.9. The average molecular weight is 244 g/mol. The number of hydrogen-bond acceptors (Lipinski definition) is 3. The van der Waals surface area contributed by atoms with Gasteiger partial charge in [0.25, 0.3) is 0 Å². The fourth-order valence-corrected chi connectivity index (χ4v) is 1.68. The molecule has 1 atom stereocenters. The van der Waals surface area contributed by atoms with E-state index in [0.29, 0.717) is 17.7 Å². The van der Waals surface area contributed by atoms with Gasteiger partial charge in [0.2, 0.25) is 0 Å². The third kappa shape index (κ3) is 2.76. The van der Waals surface area contributed by atoms with Gasteiger partial charge in [-0.15, -0.1) is 0 Å². The van der Waals surface area contributed by atoms with E-state index >= 15 is 0 Å². The Hall–Kier alpha value is -2.12. The number of furan rings is 1. The zero-order valence-corrected chi connectivity index (χ0v) is 9.98. The Balaban J connectivity index is 2.04. The van der Waals surface area contributed by atoms with Crippen LogP contribution in [0.25, 0.3) is 0 Å². The second-order valence-electron chi connectivity index (χ2n) is 4.04. The molecule has 0 saturated carbocycles. The van der Waals surface area contributed by atoms with E-state index in [2.05, 4.69) is 5.32 Å². The maximum Gasteiger partial charge on any atom is 0.127 e. The van der Waals surface area contributed by atoms with E-state index in [1.165, 1.54) is 12.1 Å². The Morgan fingerprint density at radius 1 is 1.44 bits per heavy atom. The highest BCUT2D eigenvalue weighted by molar-refractivity contribution is 5.33. The molecule has 0 saturated heterocycles. The van der Waals surface area contributed by atoms with Crippen LogP contribution in [0.5, 0.6) is 0 Å². The maximum absolute atomic E-state index is 13.5. The molecule has 0 fully saturated rings. The molecular weight excluding hydrogens is 231 g/mol. The van der Waals surface area contributed by atoms with Crippen LogP contribution < -0.4 is 5.32 Å². The highest BCUT2D eigenvalue weighted by atomic mass is 19.1. The van der Waals surface area contributed by atoms with Gasteiger partial charge in [0.15, 0.2) is 0 Å². The summed E-state index contributed by atoms with van der Waals surface area (Å²) in [4.78, 5) is 0. The fourth-order valence-electron chi connectivity index (χ4n) is 1.68. The van der Waals surface area contributed by atoms with Gasteiger partial charge in [0.1, 0.15) is 11.6 Å². The topological polar surface area (TPSA) is 49.0 Å². The minimum absolute atomic E-state index is 0.00913. The molecule has 0 amide bonds. The summed E-state index contributed by atoms with van der Waals surface area (Å²) in [7, 11) is 0. The van der Waals surface area contributed by atoms with Crippen molar-refractivity contribution >= 4 is 0 Å². The summed E-state index contributed by atoms with van der Waals surface area (Å²) < 4.78 is 18.8. The summed E-state index contributed by atoms with van der Waals surface area (Å²) in [6.07, 6.45) is 1.60. The first-order valence-corrected chi connectivity index (χ1v) is 5.66. The van der Waals surface area contributed by atoms with Crippen molar-refractivity contribution in [3.63, 3.8) is 0 Å². The quantitative estimate of drug-likeness (QED) is 0.898. The zero-order valence-electron chi connectivity index (χ0n) is 9.98. The Bertz CT molecular complexity index is 558. The van der Waals surface area contributed by atoms with Crippen LogP contribution in [-0.2, 0) is 6.54 Å². The predicted molar refractivity (Wildman–Crippen MR) is 65.1 cm³/mol. The van der Waals surface area contributed by atoms with Crippen LogP contribution in [0, 0.1) is 17.1 Å². The van der Waals surface area contributed by atoms with Crippen molar-refractivity contribution in [2.75, 3.05) is 0 Å². The molecule has 92 valence electrons.